The molecule has 2 saturated heterocycles. The molecule has 2 aromatic rings. The van der Waals surface area contributed by atoms with Crippen molar-refractivity contribution in [3.63, 3.8) is 0 Å². The lowest BCUT2D eigenvalue weighted by Crippen LogP contribution is -2.64. The average molecular weight is 464 g/mol. The van der Waals surface area contributed by atoms with Gasteiger partial charge in [0.15, 0.2) is 24.8 Å². The zero-order valence-electron chi connectivity index (χ0n) is 17.5. The topological polar surface area (TPSA) is 107 Å². The van der Waals surface area contributed by atoms with Crippen LogP contribution in [0.1, 0.15) is 18.8 Å². The highest BCUT2D eigenvalue weighted by atomic mass is 32.2. The van der Waals surface area contributed by atoms with Gasteiger partial charge in [0.25, 0.3) is 10.1 Å². The Labute approximate surface area is 186 Å². The van der Waals surface area contributed by atoms with E-state index in [1.165, 1.54) is 26.2 Å². The van der Waals surface area contributed by atoms with Gasteiger partial charge in [-0.25, -0.2) is 0 Å². The molecule has 0 amide bonds. The quantitative estimate of drug-likeness (QED) is 0.470. The molecule has 0 N–H and O–H groups in total. The molecule has 32 heavy (non-hydrogen) atoms. The zero-order chi connectivity index (χ0) is 22.7. The average Bonchev–Trinajstić information content (AvgIpc) is 2.81. The second-order valence-corrected chi connectivity index (χ2v) is 8.93. The van der Waals surface area contributed by atoms with Crippen LogP contribution in [0.3, 0.4) is 0 Å². The van der Waals surface area contributed by atoms with E-state index in [9.17, 15) is 13.2 Å². The third kappa shape index (κ3) is 4.85. The number of benzene rings is 2. The van der Waals surface area contributed by atoms with Gasteiger partial charge in [-0.05, 0) is 12.1 Å². The predicted molar refractivity (Wildman–Crippen MR) is 110 cm³/mol. The van der Waals surface area contributed by atoms with E-state index in [1.807, 2.05) is 30.3 Å². The van der Waals surface area contributed by atoms with Crippen molar-refractivity contribution >= 4 is 16.1 Å². The van der Waals surface area contributed by atoms with Gasteiger partial charge in [0.05, 0.1) is 11.5 Å². The summed E-state index contributed by atoms with van der Waals surface area (Å²) in [6.07, 6.45) is -5.82. The van der Waals surface area contributed by atoms with Crippen molar-refractivity contribution in [2.45, 2.75) is 48.8 Å². The molecule has 0 saturated carbocycles. The molecular formula is C22H24O9S. The third-order valence-corrected chi connectivity index (χ3v) is 6.48. The van der Waals surface area contributed by atoms with E-state index in [4.69, 9.17) is 27.9 Å². The number of fused-ring (bicyclic) bond motifs is 1. The molecule has 9 nitrogen and oxygen atoms in total. The Bertz CT molecular complexity index is 1010. The molecule has 2 fully saturated rings. The van der Waals surface area contributed by atoms with Gasteiger partial charge in [0.2, 0.25) is 0 Å². The second kappa shape index (κ2) is 9.65. The first kappa shape index (κ1) is 22.8. The number of hydrogen-bond acceptors (Lipinski definition) is 9. The minimum absolute atomic E-state index is 0.0476. The van der Waals surface area contributed by atoms with E-state index >= 15 is 0 Å². The Morgan fingerprint density at radius 3 is 2.25 bits per heavy atom. The molecule has 0 aromatic heterocycles. The lowest BCUT2D eigenvalue weighted by atomic mass is 9.97. The normalized spacial score (nSPS) is 30.3. The molecule has 6 atom stereocenters. The molecule has 0 bridgehead atoms. The number of ether oxygens (including phenoxy) is 5. The first-order valence-electron chi connectivity index (χ1n) is 10.0. The molecular weight excluding hydrogens is 440 g/mol. The monoisotopic (exact) mass is 464 g/mol. The van der Waals surface area contributed by atoms with Crippen molar-refractivity contribution in [2.24, 2.45) is 0 Å². The maximum Gasteiger partial charge on any atom is 0.303 e. The number of carbonyl (C=O) groups is 1. The van der Waals surface area contributed by atoms with Gasteiger partial charge in [-0.2, -0.15) is 8.42 Å². The van der Waals surface area contributed by atoms with Gasteiger partial charge in [0.1, 0.15) is 12.2 Å². The van der Waals surface area contributed by atoms with Crippen LogP contribution >= 0.6 is 0 Å². The van der Waals surface area contributed by atoms with Crippen LogP contribution in [0.4, 0.5) is 0 Å². The van der Waals surface area contributed by atoms with E-state index < -0.39 is 53.1 Å². The molecule has 2 aliphatic rings. The Morgan fingerprint density at radius 1 is 0.969 bits per heavy atom. The fourth-order valence-corrected chi connectivity index (χ4v) is 4.83. The van der Waals surface area contributed by atoms with Gasteiger partial charge in [-0.15, -0.1) is 0 Å². The maximum atomic E-state index is 12.9. The molecule has 4 rings (SSSR count). The summed E-state index contributed by atoms with van der Waals surface area (Å²) in [5.41, 5.74) is 0.760. The summed E-state index contributed by atoms with van der Waals surface area (Å²) in [7, 11) is -2.87. The second-order valence-electron chi connectivity index (χ2n) is 7.36. The zero-order valence-corrected chi connectivity index (χ0v) is 18.3. The molecule has 0 radical (unpaired) electrons. The van der Waals surface area contributed by atoms with Crippen LogP contribution < -0.4 is 0 Å². The summed E-state index contributed by atoms with van der Waals surface area (Å²) in [4.78, 5) is 11.9. The third-order valence-electron chi connectivity index (χ3n) is 5.16. The van der Waals surface area contributed by atoms with Crippen LogP contribution in [0.25, 0.3) is 0 Å². The maximum absolute atomic E-state index is 12.9. The molecule has 0 spiro atoms. The smallest absolute Gasteiger partial charge is 0.303 e. The van der Waals surface area contributed by atoms with Crippen LogP contribution in [0.2, 0.25) is 0 Å². The summed E-state index contributed by atoms with van der Waals surface area (Å²) < 4.78 is 59.9. The van der Waals surface area contributed by atoms with Gasteiger partial charge in [0, 0.05) is 19.6 Å². The summed E-state index contributed by atoms with van der Waals surface area (Å²) in [5, 5.41) is 0. The summed E-state index contributed by atoms with van der Waals surface area (Å²) in [6, 6.07) is 16.9. The Kier molecular flexibility index (Phi) is 6.89. The standard InChI is InChI=1S/C22H24O9S/c1-14(23)28-19-18-17(13-27-21(30-18)15-9-5-3-6-10-15)29-22(26-2)20(19)31-32(24,25)16-11-7-4-8-12-16/h3-12,17-22H,13H2,1-2H3. The highest BCUT2D eigenvalue weighted by Crippen LogP contribution is 2.37. The highest BCUT2D eigenvalue weighted by molar-refractivity contribution is 7.86. The number of rotatable bonds is 6. The van der Waals surface area contributed by atoms with Crippen LogP contribution in [-0.2, 0) is 42.8 Å². The van der Waals surface area contributed by atoms with E-state index in [0.717, 1.165) is 5.56 Å². The highest BCUT2D eigenvalue weighted by Gasteiger charge is 2.54. The van der Waals surface area contributed by atoms with Crippen LogP contribution in [0.15, 0.2) is 65.6 Å². The van der Waals surface area contributed by atoms with Gasteiger partial charge >= 0.3 is 5.97 Å². The Hall–Kier alpha value is -2.34. The molecule has 10 heteroatoms. The van der Waals surface area contributed by atoms with E-state index in [2.05, 4.69) is 0 Å². The number of carbonyl (C=O) groups excluding carboxylic acids is 1. The van der Waals surface area contributed by atoms with Crippen LogP contribution in [0, 0.1) is 0 Å². The summed E-state index contributed by atoms with van der Waals surface area (Å²) in [5.74, 6) is -0.623. The van der Waals surface area contributed by atoms with Gasteiger partial charge in [-0.1, -0.05) is 48.5 Å². The minimum Gasteiger partial charge on any atom is -0.457 e. The van der Waals surface area contributed by atoms with Crippen molar-refractivity contribution in [3.05, 3.63) is 66.2 Å². The van der Waals surface area contributed by atoms with Crippen molar-refractivity contribution in [1.29, 1.82) is 0 Å². The van der Waals surface area contributed by atoms with E-state index in [1.54, 1.807) is 18.2 Å². The Morgan fingerprint density at radius 2 is 1.62 bits per heavy atom. The summed E-state index contributed by atoms with van der Waals surface area (Å²) in [6.45, 7) is 1.35. The SMILES string of the molecule is COC1OC2COC(c3ccccc3)OC2C(OC(C)=O)C1OS(=O)(=O)c1ccccc1. The van der Waals surface area contributed by atoms with Crippen LogP contribution in [-0.4, -0.2) is 58.8 Å². The molecule has 172 valence electrons. The van der Waals surface area contributed by atoms with E-state index in [-0.39, 0.29) is 11.5 Å². The van der Waals surface area contributed by atoms with Crippen molar-refractivity contribution < 1.29 is 41.1 Å². The van der Waals surface area contributed by atoms with E-state index in [0.29, 0.717) is 0 Å². The molecule has 2 heterocycles. The Balaban J connectivity index is 1.64. The van der Waals surface area contributed by atoms with Gasteiger partial charge < -0.3 is 23.7 Å². The first-order valence-corrected chi connectivity index (χ1v) is 11.5. The molecule has 2 aromatic carbocycles. The van der Waals surface area contributed by atoms with Crippen molar-refractivity contribution in [3.8, 4) is 0 Å². The summed E-state index contributed by atoms with van der Waals surface area (Å²) >= 11 is 0. The van der Waals surface area contributed by atoms with Gasteiger partial charge in [-0.3, -0.25) is 8.98 Å². The first-order chi connectivity index (χ1) is 15.4. The number of hydrogen-bond donors (Lipinski definition) is 0. The van der Waals surface area contributed by atoms with Crippen molar-refractivity contribution in [2.75, 3.05) is 13.7 Å². The number of esters is 1. The van der Waals surface area contributed by atoms with Crippen LogP contribution in [0.5, 0.6) is 0 Å². The fraction of sp³-hybridized carbons (Fsp3) is 0.409. The van der Waals surface area contributed by atoms with Crippen molar-refractivity contribution in [1.82, 2.24) is 0 Å². The lowest BCUT2D eigenvalue weighted by molar-refractivity contribution is -0.355. The molecule has 0 aliphatic carbocycles. The number of methoxy groups -OCH3 is 1. The molecule has 2 aliphatic heterocycles. The largest absolute Gasteiger partial charge is 0.457 e. The lowest BCUT2D eigenvalue weighted by Gasteiger charge is -2.47. The molecule has 6 unspecified atom stereocenters. The predicted octanol–water partition coefficient (Wildman–Crippen LogP) is 2.18. The minimum atomic E-state index is -4.21. The fourth-order valence-electron chi connectivity index (χ4n) is 3.73.